The Kier molecular flexibility index (Phi) is 7.71. The summed E-state index contributed by atoms with van der Waals surface area (Å²) in [5.41, 5.74) is -0.672. The molecule has 1 aromatic rings. The summed E-state index contributed by atoms with van der Waals surface area (Å²) in [5.74, 6) is 1.54. The molecule has 0 aliphatic carbocycles. The molecule has 1 aromatic heterocycles. The van der Waals surface area contributed by atoms with E-state index in [9.17, 15) is 4.79 Å². The maximum atomic E-state index is 12.5. The second-order valence-electron chi connectivity index (χ2n) is 6.92. The highest BCUT2D eigenvalue weighted by Gasteiger charge is 2.39. The Labute approximate surface area is 154 Å². The third-order valence-electron chi connectivity index (χ3n) is 4.60. The molecule has 0 spiro atoms. The second kappa shape index (κ2) is 9.54. The topological polar surface area (TPSA) is 81.1 Å². The summed E-state index contributed by atoms with van der Waals surface area (Å²) in [5, 5.41) is 15.9. The van der Waals surface area contributed by atoms with Gasteiger partial charge in [-0.3, -0.25) is 4.79 Å². The predicted octanol–water partition coefficient (Wildman–Crippen LogP) is 1.47. The van der Waals surface area contributed by atoms with Crippen molar-refractivity contribution < 1.29 is 9.53 Å². The fourth-order valence-electron chi connectivity index (χ4n) is 3.17. The van der Waals surface area contributed by atoms with Crippen LogP contribution < -0.4 is 10.6 Å². The van der Waals surface area contributed by atoms with Crippen molar-refractivity contribution in [3.8, 4) is 0 Å². The molecule has 1 amide bonds. The highest BCUT2D eigenvalue weighted by molar-refractivity contribution is 7.98. The standard InChI is InChI=1S/C17H31N5O2S/c1-13(2)12-22-14(20-21-16(22)25-4)6-5-9-19-15(23)17(24-3)7-10-18-11-8-17/h13,18H,5-12H2,1-4H3,(H,19,23). The van der Waals surface area contributed by atoms with Gasteiger partial charge in [0.05, 0.1) is 0 Å². The number of hydrogen-bond acceptors (Lipinski definition) is 6. The molecule has 1 aliphatic rings. The molecule has 0 atom stereocenters. The largest absolute Gasteiger partial charge is 0.368 e. The van der Waals surface area contributed by atoms with Crippen molar-refractivity contribution in [1.82, 2.24) is 25.4 Å². The number of aryl methyl sites for hydroxylation is 1. The van der Waals surface area contributed by atoms with Crippen molar-refractivity contribution in [2.24, 2.45) is 5.92 Å². The minimum absolute atomic E-state index is 0.00458. The van der Waals surface area contributed by atoms with Gasteiger partial charge in [0.1, 0.15) is 11.4 Å². The van der Waals surface area contributed by atoms with E-state index in [2.05, 4.69) is 39.2 Å². The Morgan fingerprint density at radius 2 is 2.12 bits per heavy atom. The third-order valence-corrected chi connectivity index (χ3v) is 5.27. The fraction of sp³-hybridized carbons (Fsp3) is 0.824. The molecule has 0 saturated carbocycles. The zero-order valence-corrected chi connectivity index (χ0v) is 16.6. The van der Waals surface area contributed by atoms with Crippen LogP contribution in [-0.4, -0.2) is 59.3 Å². The van der Waals surface area contributed by atoms with Crippen LogP contribution >= 0.6 is 11.8 Å². The molecule has 7 nitrogen and oxygen atoms in total. The van der Waals surface area contributed by atoms with Crippen molar-refractivity contribution >= 4 is 17.7 Å². The number of hydrogen-bond donors (Lipinski definition) is 2. The minimum Gasteiger partial charge on any atom is -0.368 e. The van der Waals surface area contributed by atoms with E-state index >= 15 is 0 Å². The zero-order valence-electron chi connectivity index (χ0n) is 15.8. The lowest BCUT2D eigenvalue weighted by Gasteiger charge is -2.34. The van der Waals surface area contributed by atoms with Crippen molar-refractivity contribution in [3.05, 3.63) is 5.82 Å². The van der Waals surface area contributed by atoms with Gasteiger partial charge in [-0.15, -0.1) is 10.2 Å². The first-order valence-corrected chi connectivity index (χ1v) is 10.2. The quantitative estimate of drug-likeness (QED) is 0.507. The number of amides is 1. The smallest absolute Gasteiger partial charge is 0.252 e. The first-order chi connectivity index (χ1) is 12.0. The maximum absolute atomic E-state index is 12.5. The third kappa shape index (κ3) is 5.18. The number of methoxy groups -OCH3 is 1. The van der Waals surface area contributed by atoms with E-state index in [1.54, 1.807) is 18.9 Å². The van der Waals surface area contributed by atoms with Crippen LogP contribution in [-0.2, 0) is 22.5 Å². The van der Waals surface area contributed by atoms with Crippen LogP contribution in [0.5, 0.6) is 0 Å². The first kappa shape index (κ1) is 20.2. The lowest BCUT2D eigenvalue weighted by Crippen LogP contribution is -2.54. The molecule has 142 valence electrons. The molecule has 0 radical (unpaired) electrons. The fourth-order valence-corrected chi connectivity index (χ4v) is 3.69. The van der Waals surface area contributed by atoms with Crippen LogP contribution in [0, 0.1) is 5.92 Å². The van der Waals surface area contributed by atoms with Gasteiger partial charge in [-0.25, -0.2) is 0 Å². The maximum Gasteiger partial charge on any atom is 0.252 e. The molecule has 0 aromatic carbocycles. The van der Waals surface area contributed by atoms with Gasteiger partial charge in [-0.1, -0.05) is 25.6 Å². The van der Waals surface area contributed by atoms with Gasteiger partial charge in [0.15, 0.2) is 5.16 Å². The van der Waals surface area contributed by atoms with E-state index < -0.39 is 5.60 Å². The van der Waals surface area contributed by atoms with Gasteiger partial charge in [-0.05, 0) is 44.5 Å². The monoisotopic (exact) mass is 369 g/mol. The summed E-state index contributed by atoms with van der Waals surface area (Å²) in [6, 6.07) is 0. The normalized spacial score (nSPS) is 17.0. The molecule has 0 bridgehead atoms. The number of carbonyl (C=O) groups is 1. The minimum atomic E-state index is -0.672. The number of rotatable bonds is 9. The van der Waals surface area contributed by atoms with E-state index in [1.165, 1.54) is 0 Å². The highest BCUT2D eigenvalue weighted by Crippen LogP contribution is 2.22. The van der Waals surface area contributed by atoms with Crippen LogP contribution in [0.1, 0.15) is 38.9 Å². The Balaban J connectivity index is 1.84. The Morgan fingerprint density at radius 1 is 1.40 bits per heavy atom. The molecule has 2 heterocycles. The van der Waals surface area contributed by atoms with Gasteiger partial charge in [0.25, 0.3) is 5.91 Å². The van der Waals surface area contributed by atoms with Crippen LogP contribution in [0.25, 0.3) is 0 Å². The van der Waals surface area contributed by atoms with Crippen molar-refractivity contribution in [3.63, 3.8) is 0 Å². The first-order valence-electron chi connectivity index (χ1n) is 9.02. The van der Waals surface area contributed by atoms with Gasteiger partial charge >= 0.3 is 0 Å². The molecule has 2 N–H and O–H groups in total. The molecule has 1 fully saturated rings. The van der Waals surface area contributed by atoms with Gasteiger partial charge in [-0.2, -0.15) is 0 Å². The predicted molar refractivity (Wildman–Crippen MR) is 99.8 cm³/mol. The molecule has 0 unspecified atom stereocenters. The Bertz CT molecular complexity index is 555. The average Bonchev–Trinajstić information content (AvgIpc) is 3.00. The Morgan fingerprint density at radius 3 is 2.72 bits per heavy atom. The van der Waals surface area contributed by atoms with E-state index in [0.717, 1.165) is 56.3 Å². The van der Waals surface area contributed by atoms with Crippen LogP contribution in [0.4, 0.5) is 0 Å². The lowest BCUT2D eigenvalue weighted by atomic mass is 9.91. The zero-order chi connectivity index (χ0) is 18.3. The summed E-state index contributed by atoms with van der Waals surface area (Å²) < 4.78 is 7.75. The Hall–Kier alpha value is -1.12. The summed E-state index contributed by atoms with van der Waals surface area (Å²) in [4.78, 5) is 12.5. The summed E-state index contributed by atoms with van der Waals surface area (Å²) in [6.07, 6.45) is 5.11. The van der Waals surface area contributed by atoms with E-state index in [4.69, 9.17) is 4.74 Å². The van der Waals surface area contributed by atoms with E-state index in [-0.39, 0.29) is 5.91 Å². The van der Waals surface area contributed by atoms with Crippen LogP contribution in [0.3, 0.4) is 0 Å². The lowest BCUT2D eigenvalue weighted by molar-refractivity contribution is -0.146. The molecule has 2 rings (SSSR count). The van der Waals surface area contributed by atoms with Gasteiger partial charge in [0.2, 0.25) is 0 Å². The number of nitrogens with zero attached hydrogens (tertiary/aromatic N) is 3. The number of nitrogens with one attached hydrogen (secondary N) is 2. The summed E-state index contributed by atoms with van der Waals surface area (Å²) in [6.45, 7) is 7.56. The number of aromatic nitrogens is 3. The van der Waals surface area contributed by atoms with Crippen LogP contribution in [0.2, 0.25) is 0 Å². The average molecular weight is 370 g/mol. The van der Waals surface area contributed by atoms with Gasteiger partial charge < -0.3 is 19.9 Å². The summed E-state index contributed by atoms with van der Waals surface area (Å²) in [7, 11) is 1.63. The molecule has 1 saturated heterocycles. The number of carbonyl (C=O) groups excluding carboxylic acids is 1. The van der Waals surface area contributed by atoms with E-state index in [0.29, 0.717) is 12.5 Å². The van der Waals surface area contributed by atoms with Crippen molar-refractivity contribution in [2.75, 3.05) is 33.0 Å². The van der Waals surface area contributed by atoms with Crippen LogP contribution in [0.15, 0.2) is 5.16 Å². The molecule has 8 heteroatoms. The molecule has 1 aliphatic heterocycles. The van der Waals surface area contributed by atoms with Crippen molar-refractivity contribution in [2.45, 2.75) is 56.8 Å². The SMILES string of the molecule is COC1(C(=O)NCCCc2nnc(SC)n2CC(C)C)CCNCC1. The summed E-state index contributed by atoms with van der Waals surface area (Å²) >= 11 is 1.62. The number of thioether (sulfide) groups is 1. The molecular weight excluding hydrogens is 338 g/mol. The van der Waals surface area contributed by atoms with E-state index in [1.807, 2.05) is 6.26 Å². The van der Waals surface area contributed by atoms with Gasteiger partial charge in [0, 0.05) is 26.6 Å². The number of ether oxygens (including phenoxy) is 1. The van der Waals surface area contributed by atoms with Crippen molar-refractivity contribution in [1.29, 1.82) is 0 Å². The molecular formula is C17H31N5O2S. The second-order valence-corrected chi connectivity index (χ2v) is 7.69. The highest BCUT2D eigenvalue weighted by atomic mass is 32.2. The number of piperidine rings is 1. The molecule has 25 heavy (non-hydrogen) atoms.